The Hall–Kier alpha value is -1.53. The van der Waals surface area contributed by atoms with E-state index in [2.05, 4.69) is 29.5 Å². The van der Waals surface area contributed by atoms with E-state index < -0.39 is 5.60 Å². The van der Waals surface area contributed by atoms with Gasteiger partial charge in [-0.05, 0) is 45.2 Å². The fourth-order valence-corrected chi connectivity index (χ4v) is 2.04. The Bertz CT molecular complexity index is 495. The van der Waals surface area contributed by atoms with Crippen LogP contribution in [0.2, 0.25) is 0 Å². The molecule has 1 heterocycles. The van der Waals surface area contributed by atoms with Gasteiger partial charge in [0.25, 0.3) is 0 Å². The lowest BCUT2D eigenvalue weighted by Gasteiger charge is -2.19. The molecule has 0 aliphatic heterocycles. The smallest absolute Gasteiger partial charge is 0.191 e. The van der Waals surface area contributed by atoms with Crippen LogP contribution in [0.25, 0.3) is 0 Å². The van der Waals surface area contributed by atoms with Crippen LogP contribution < -0.4 is 10.6 Å². The number of hydrogen-bond acceptors (Lipinski definition) is 4. The van der Waals surface area contributed by atoms with Crippen molar-refractivity contribution >= 4 is 5.96 Å². The number of hydrogen-bond donors (Lipinski definition) is 3. The maximum absolute atomic E-state index is 10.5. The summed E-state index contributed by atoms with van der Waals surface area (Å²) in [5.74, 6) is 2.62. The first-order valence-electron chi connectivity index (χ1n) is 8.74. The van der Waals surface area contributed by atoms with Crippen LogP contribution in [0.4, 0.5) is 0 Å². The van der Waals surface area contributed by atoms with E-state index in [4.69, 9.17) is 9.15 Å². The van der Waals surface area contributed by atoms with Gasteiger partial charge in [0.2, 0.25) is 0 Å². The van der Waals surface area contributed by atoms with Crippen LogP contribution in [0.15, 0.2) is 21.5 Å². The van der Waals surface area contributed by atoms with E-state index in [1.807, 2.05) is 19.9 Å². The van der Waals surface area contributed by atoms with Crippen LogP contribution in [0.3, 0.4) is 0 Å². The SMILES string of the molecule is CCNC(=NCC(C)(O)c1ccc(C)o1)NCCOCCC(C)C. The molecule has 0 fully saturated rings. The molecular formula is C18H33N3O3. The highest BCUT2D eigenvalue weighted by molar-refractivity contribution is 5.79. The van der Waals surface area contributed by atoms with E-state index in [0.29, 0.717) is 30.8 Å². The molecule has 1 rings (SSSR count). The van der Waals surface area contributed by atoms with E-state index in [1.54, 1.807) is 13.0 Å². The van der Waals surface area contributed by atoms with Gasteiger partial charge in [0, 0.05) is 19.7 Å². The molecule has 1 atom stereocenters. The van der Waals surface area contributed by atoms with Crippen molar-refractivity contribution in [1.29, 1.82) is 0 Å². The monoisotopic (exact) mass is 339 g/mol. The van der Waals surface area contributed by atoms with E-state index >= 15 is 0 Å². The quantitative estimate of drug-likeness (QED) is 0.347. The number of ether oxygens (including phenoxy) is 1. The Balaban J connectivity index is 2.44. The fraction of sp³-hybridized carbons (Fsp3) is 0.722. The molecule has 0 aliphatic carbocycles. The maximum atomic E-state index is 10.5. The minimum Gasteiger partial charge on any atom is -0.463 e. The van der Waals surface area contributed by atoms with Gasteiger partial charge in [-0.15, -0.1) is 0 Å². The topological polar surface area (TPSA) is 79.0 Å². The van der Waals surface area contributed by atoms with Gasteiger partial charge in [0.1, 0.15) is 17.1 Å². The predicted octanol–water partition coefficient (Wildman–Crippen LogP) is 2.41. The summed E-state index contributed by atoms with van der Waals surface area (Å²) in [5.41, 5.74) is -1.13. The number of nitrogens with one attached hydrogen (secondary N) is 2. The van der Waals surface area contributed by atoms with Crippen LogP contribution in [-0.4, -0.2) is 43.9 Å². The lowest BCUT2D eigenvalue weighted by Crippen LogP contribution is -2.40. The Morgan fingerprint density at radius 2 is 2.08 bits per heavy atom. The predicted molar refractivity (Wildman–Crippen MR) is 97.3 cm³/mol. The van der Waals surface area contributed by atoms with Crippen molar-refractivity contribution in [1.82, 2.24) is 10.6 Å². The van der Waals surface area contributed by atoms with Gasteiger partial charge in [-0.1, -0.05) is 13.8 Å². The molecule has 1 unspecified atom stereocenters. The lowest BCUT2D eigenvalue weighted by atomic mass is 10.0. The number of furan rings is 1. The molecular weight excluding hydrogens is 306 g/mol. The van der Waals surface area contributed by atoms with Crippen molar-refractivity contribution in [2.75, 3.05) is 32.8 Å². The molecule has 0 spiro atoms. The van der Waals surface area contributed by atoms with Crippen LogP contribution in [-0.2, 0) is 10.3 Å². The van der Waals surface area contributed by atoms with Gasteiger partial charge in [-0.3, -0.25) is 0 Å². The molecule has 138 valence electrons. The highest BCUT2D eigenvalue weighted by Gasteiger charge is 2.26. The van der Waals surface area contributed by atoms with Gasteiger partial charge in [-0.2, -0.15) is 0 Å². The van der Waals surface area contributed by atoms with Gasteiger partial charge in [-0.25, -0.2) is 4.99 Å². The van der Waals surface area contributed by atoms with Crippen molar-refractivity contribution in [3.8, 4) is 0 Å². The Labute approximate surface area is 145 Å². The summed E-state index contributed by atoms with van der Waals surface area (Å²) in [5, 5.41) is 16.9. The van der Waals surface area contributed by atoms with Gasteiger partial charge in [0.05, 0.1) is 13.2 Å². The molecule has 24 heavy (non-hydrogen) atoms. The molecule has 1 aromatic heterocycles. The van der Waals surface area contributed by atoms with Crippen molar-refractivity contribution < 1.29 is 14.3 Å². The van der Waals surface area contributed by atoms with Crippen LogP contribution in [0, 0.1) is 12.8 Å². The number of aliphatic imine (C=N–C) groups is 1. The molecule has 3 N–H and O–H groups in total. The highest BCUT2D eigenvalue weighted by Crippen LogP contribution is 2.22. The third kappa shape index (κ3) is 7.84. The van der Waals surface area contributed by atoms with Crippen molar-refractivity contribution in [2.45, 2.75) is 46.6 Å². The van der Waals surface area contributed by atoms with E-state index in [1.165, 1.54) is 0 Å². The van der Waals surface area contributed by atoms with E-state index in [-0.39, 0.29) is 6.54 Å². The number of nitrogens with zero attached hydrogens (tertiary/aromatic N) is 1. The summed E-state index contributed by atoms with van der Waals surface area (Å²) in [6.07, 6.45) is 1.07. The number of guanidine groups is 1. The molecule has 0 saturated heterocycles. The number of aryl methyl sites for hydroxylation is 1. The molecule has 1 aromatic rings. The first-order chi connectivity index (χ1) is 11.3. The summed E-state index contributed by atoms with van der Waals surface area (Å²) in [7, 11) is 0. The number of aliphatic hydroxyl groups is 1. The minimum atomic E-state index is -1.13. The van der Waals surface area contributed by atoms with Gasteiger partial charge < -0.3 is 24.9 Å². The number of rotatable bonds is 10. The average molecular weight is 339 g/mol. The molecule has 6 heteroatoms. The second kappa shape index (κ2) is 10.4. The summed E-state index contributed by atoms with van der Waals surface area (Å²) in [6.45, 7) is 13.0. The largest absolute Gasteiger partial charge is 0.463 e. The summed E-state index contributed by atoms with van der Waals surface area (Å²) >= 11 is 0. The third-order valence-electron chi connectivity index (χ3n) is 3.54. The van der Waals surface area contributed by atoms with E-state index in [0.717, 1.165) is 25.3 Å². The molecule has 0 amide bonds. The van der Waals surface area contributed by atoms with Crippen LogP contribution in [0.1, 0.15) is 45.6 Å². The maximum Gasteiger partial charge on any atom is 0.191 e. The summed E-state index contributed by atoms with van der Waals surface area (Å²) in [4.78, 5) is 4.45. The Morgan fingerprint density at radius 3 is 2.67 bits per heavy atom. The van der Waals surface area contributed by atoms with Crippen LogP contribution >= 0.6 is 0 Å². The van der Waals surface area contributed by atoms with Gasteiger partial charge >= 0.3 is 0 Å². The van der Waals surface area contributed by atoms with E-state index in [9.17, 15) is 5.11 Å². The second-order valence-electron chi connectivity index (χ2n) is 6.60. The molecule has 0 saturated carbocycles. The first-order valence-corrected chi connectivity index (χ1v) is 8.74. The first kappa shape index (κ1) is 20.5. The molecule has 6 nitrogen and oxygen atoms in total. The minimum absolute atomic E-state index is 0.212. The zero-order chi connectivity index (χ0) is 18.0. The molecule has 0 radical (unpaired) electrons. The normalized spacial score (nSPS) is 14.7. The average Bonchev–Trinajstić information content (AvgIpc) is 2.95. The third-order valence-corrected chi connectivity index (χ3v) is 3.54. The summed E-state index contributed by atoms with van der Waals surface area (Å²) in [6, 6.07) is 3.62. The highest BCUT2D eigenvalue weighted by atomic mass is 16.5. The fourth-order valence-electron chi connectivity index (χ4n) is 2.04. The molecule has 0 aromatic carbocycles. The van der Waals surface area contributed by atoms with Gasteiger partial charge in [0.15, 0.2) is 5.96 Å². The Kier molecular flexibility index (Phi) is 8.85. The zero-order valence-electron chi connectivity index (χ0n) is 15.7. The molecule has 0 aliphatic rings. The standard InChI is InChI=1S/C18H33N3O3/c1-6-19-17(20-10-12-23-11-9-14(2)3)21-13-18(5,22)16-8-7-15(4)24-16/h7-8,14,22H,6,9-13H2,1-5H3,(H2,19,20,21). The molecule has 0 bridgehead atoms. The zero-order valence-corrected chi connectivity index (χ0v) is 15.7. The van der Waals surface area contributed by atoms with Crippen molar-refractivity contribution in [3.63, 3.8) is 0 Å². The second-order valence-corrected chi connectivity index (χ2v) is 6.60. The van der Waals surface area contributed by atoms with Crippen LogP contribution in [0.5, 0.6) is 0 Å². The van der Waals surface area contributed by atoms with Crippen molar-refractivity contribution in [2.24, 2.45) is 10.9 Å². The summed E-state index contributed by atoms with van der Waals surface area (Å²) < 4.78 is 11.1. The lowest BCUT2D eigenvalue weighted by molar-refractivity contribution is 0.0428. The Morgan fingerprint density at radius 1 is 1.33 bits per heavy atom. The van der Waals surface area contributed by atoms with Crippen molar-refractivity contribution in [3.05, 3.63) is 23.7 Å².